The number of hydrogen-bond acceptors (Lipinski definition) is 5. The van der Waals surface area contributed by atoms with E-state index >= 15 is 0 Å². The van der Waals surface area contributed by atoms with Crippen LogP contribution in [0.4, 0.5) is 5.69 Å². The molecular weight excluding hydrogens is 420 g/mol. The van der Waals surface area contributed by atoms with Crippen LogP contribution in [-0.4, -0.2) is 29.9 Å². The van der Waals surface area contributed by atoms with Crippen molar-refractivity contribution in [1.29, 1.82) is 0 Å². The molecule has 1 N–H and O–H groups in total. The predicted octanol–water partition coefficient (Wildman–Crippen LogP) is 4.67. The first-order valence-corrected chi connectivity index (χ1v) is 11.0. The van der Waals surface area contributed by atoms with Gasteiger partial charge in [-0.1, -0.05) is 48.5 Å². The smallest absolute Gasteiger partial charge is 0.262 e. The molecule has 4 aromatic rings. The average Bonchev–Trinajstić information content (AvgIpc) is 3.23. The maximum absolute atomic E-state index is 11.7. The second kappa shape index (κ2) is 8.64. The summed E-state index contributed by atoms with van der Waals surface area (Å²) < 4.78 is 7.31. The van der Waals surface area contributed by atoms with Crippen LogP contribution in [0.5, 0.6) is 5.75 Å². The highest BCUT2D eigenvalue weighted by atomic mass is 32.1. The van der Waals surface area contributed by atoms with Crippen molar-refractivity contribution in [3.8, 4) is 17.0 Å². The number of thiazole rings is 1. The fourth-order valence-electron chi connectivity index (χ4n) is 3.59. The van der Waals surface area contributed by atoms with Gasteiger partial charge in [-0.3, -0.25) is 9.79 Å². The SMILES string of the molecule is C=CCN=c1scc(-c2ccc3c(c2)NC(=O)CO3)n1N=Cc1cccc2ccccc12. The molecule has 0 saturated carbocycles. The zero-order valence-corrected chi connectivity index (χ0v) is 18.0. The highest BCUT2D eigenvalue weighted by Gasteiger charge is 2.17. The van der Waals surface area contributed by atoms with Gasteiger partial charge in [-0.2, -0.15) is 5.10 Å². The second-order valence-corrected chi connectivity index (χ2v) is 8.04. The number of aromatic nitrogens is 1. The number of nitrogens with one attached hydrogen (secondary N) is 1. The molecule has 1 amide bonds. The van der Waals surface area contributed by atoms with E-state index in [2.05, 4.69) is 35.1 Å². The standard InChI is InChI=1S/C25H20N4O2S/c1-2-12-26-25-29(27-14-19-8-5-7-17-6-3-4-9-20(17)19)22(16-32-25)18-10-11-23-21(13-18)28-24(30)15-31-23/h2-11,13-14,16H,1,12,15H2,(H,28,30). The van der Waals surface area contributed by atoms with Gasteiger partial charge in [-0.25, -0.2) is 4.68 Å². The van der Waals surface area contributed by atoms with E-state index < -0.39 is 0 Å². The van der Waals surface area contributed by atoms with E-state index in [1.807, 2.05) is 58.7 Å². The summed E-state index contributed by atoms with van der Waals surface area (Å²) in [5.41, 5.74) is 3.45. The van der Waals surface area contributed by atoms with Crippen molar-refractivity contribution in [3.63, 3.8) is 0 Å². The Labute approximate surface area is 188 Å². The van der Waals surface area contributed by atoms with Gasteiger partial charge in [0.25, 0.3) is 5.91 Å². The number of fused-ring (bicyclic) bond motifs is 2. The van der Waals surface area contributed by atoms with Gasteiger partial charge in [0.2, 0.25) is 4.80 Å². The van der Waals surface area contributed by atoms with Crippen LogP contribution >= 0.6 is 11.3 Å². The molecule has 6 nitrogen and oxygen atoms in total. The van der Waals surface area contributed by atoms with E-state index in [9.17, 15) is 4.79 Å². The monoisotopic (exact) mass is 440 g/mol. The van der Waals surface area contributed by atoms with E-state index in [4.69, 9.17) is 9.84 Å². The van der Waals surface area contributed by atoms with E-state index in [-0.39, 0.29) is 12.5 Å². The molecule has 0 fully saturated rings. The van der Waals surface area contributed by atoms with Crippen LogP contribution in [0, 0.1) is 0 Å². The Morgan fingerprint density at radius 1 is 1.16 bits per heavy atom. The third-order valence-electron chi connectivity index (χ3n) is 5.08. The quantitative estimate of drug-likeness (QED) is 0.362. The largest absolute Gasteiger partial charge is 0.482 e. The van der Waals surface area contributed by atoms with Gasteiger partial charge in [0.15, 0.2) is 6.61 Å². The lowest BCUT2D eigenvalue weighted by molar-refractivity contribution is -0.118. The highest BCUT2D eigenvalue weighted by Crippen LogP contribution is 2.33. The molecule has 32 heavy (non-hydrogen) atoms. The third kappa shape index (κ3) is 3.86. The minimum atomic E-state index is -0.163. The lowest BCUT2D eigenvalue weighted by Gasteiger charge is -2.18. The lowest BCUT2D eigenvalue weighted by atomic mass is 10.1. The summed E-state index contributed by atoms with van der Waals surface area (Å²) in [6.45, 7) is 4.29. The Bertz CT molecular complexity index is 1430. The first kappa shape index (κ1) is 20.0. The molecule has 3 aromatic carbocycles. The summed E-state index contributed by atoms with van der Waals surface area (Å²) in [7, 11) is 0. The number of anilines is 1. The number of hydrogen-bond donors (Lipinski definition) is 1. The first-order valence-electron chi connectivity index (χ1n) is 10.1. The normalized spacial score (nSPS) is 13.8. The molecule has 0 aliphatic carbocycles. The molecule has 0 saturated heterocycles. The van der Waals surface area contributed by atoms with Crippen LogP contribution in [0.25, 0.3) is 22.0 Å². The number of amides is 1. The van der Waals surface area contributed by atoms with Gasteiger partial charge < -0.3 is 10.1 Å². The Balaban J connectivity index is 1.61. The predicted molar refractivity (Wildman–Crippen MR) is 129 cm³/mol. The van der Waals surface area contributed by atoms with Gasteiger partial charge in [0, 0.05) is 16.5 Å². The number of carbonyl (C=O) groups is 1. The van der Waals surface area contributed by atoms with Crippen LogP contribution in [0.3, 0.4) is 0 Å². The average molecular weight is 441 g/mol. The molecule has 1 aromatic heterocycles. The van der Waals surface area contributed by atoms with Gasteiger partial charge in [-0.15, -0.1) is 17.9 Å². The van der Waals surface area contributed by atoms with Gasteiger partial charge in [0.05, 0.1) is 24.1 Å². The zero-order chi connectivity index (χ0) is 21.9. The Kier molecular flexibility index (Phi) is 5.39. The van der Waals surface area contributed by atoms with Crippen LogP contribution in [0.15, 0.2) is 88.8 Å². The number of rotatable bonds is 5. The maximum Gasteiger partial charge on any atom is 0.262 e. The summed E-state index contributed by atoms with van der Waals surface area (Å²) in [5, 5.41) is 12.0. The fourth-order valence-corrected chi connectivity index (χ4v) is 4.43. The molecule has 0 bridgehead atoms. The van der Waals surface area contributed by atoms with Crippen LogP contribution in [-0.2, 0) is 4.79 Å². The molecule has 0 atom stereocenters. The second-order valence-electron chi connectivity index (χ2n) is 7.21. The van der Waals surface area contributed by atoms with Crippen LogP contribution in [0.2, 0.25) is 0 Å². The first-order chi connectivity index (χ1) is 15.7. The highest BCUT2D eigenvalue weighted by molar-refractivity contribution is 7.07. The zero-order valence-electron chi connectivity index (χ0n) is 17.2. The summed E-state index contributed by atoms with van der Waals surface area (Å²) in [4.78, 5) is 17.1. The Hall–Kier alpha value is -3.97. The number of carbonyl (C=O) groups excluding carboxylic acids is 1. The van der Waals surface area contributed by atoms with Crippen molar-refractivity contribution in [3.05, 3.63) is 89.1 Å². The minimum Gasteiger partial charge on any atom is -0.482 e. The summed E-state index contributed by atoms with van der Waals surface area (Å²) >= 11 is 1.50. The van der Waals surface area contributed by atoms with Gasteiger partial charge in [-0.05, 0) is 29.0 Å². The van der Waals surface area contributed by atoms with Crippen molar-refractivity contribution >= 4 is 39.9 Å². The number of ether oxygens (including phenoxy) is 1. The molecule has 7 heteroatoms. The fraction of sp³-hybridized carbons (Fsp3) is 0.0800. The van der Waals surface area contributed by atoms with Crippen LogP contribution < -0.4 is 14.9 Å². The topological polar surface area (TPSA) is 68.0 Å². The summed E-state index contributed by atoms with van der Waals surface area (Å²) in [5.74, 6) is 0.495. The molecule has 1 aliphatic heterocycles. The Morgan fingerprint density at radius 3 is 2.94 bits per heavy atom. The molecule has 0 radical (unpaired) electrons. The lowest BCUT2D eigenvalue weighted by Crippen LogP contribution is -2.25. The summed E-state index contributed by atoms with van der Waals surface area (Å²) in [6.07, 6.45) is 3.61. The minimum absolute atomic E-state index is 0.0324. The van der Waals surface area contributed by atoms with Crippen molar-refractivity contribution in [2.75, 3.05) is 18.5 Å². The molecular formula is C25H20N4O2S. The number of benzene rings is 3. The molecule has 0 spiro atoms. The van der Waals surface area contributed by atoms with E-state index in [1.54, 1.807) is 6.08 Å². The molecule has 158 valence electrons. The summed E-state index contributed by atoms with van der Waals surface area (Å²) in [6, 6.07) is 20.1. The van der Waals surface area contributed by atoms with Crippen molar-refractivity contribution < 1.29 is 9.53 Å². The molecule has 1 aliphatic rings. The molecule has 0 unspecified atom stereocenters. The van der Waals surface area contributed by atoms with Crippen molar-refractivity contribution in [2.24, 2.45) is 10.1 Å². The van der Waals surface area contributed by atoms with Gasteiger partial charge >= 0.3 is 0 Å². The Morgan fingerprint density at radius 2 is 2.03 bits per heavy atom. The van der Waals surface area contributed by atoms with Crippen molar-refractivity contribution in [1.82, 2.24) is 4.68 Å². The maximum atomic E-state index is 11.7. The van der Waals surface area contributed by atoms with E-state index in [0.29, 0.717) is 18.0 Å². The van der Waals surface area contributed by atoms with E-state index in [1.165, 1.54) is 11.3 Å². The van der Waals surface area contributed by atoms with Crippen LogP contribution in [0.1, 0.15) is 5.56 Å². The van der Waals surface area contributed by atoms with E-state index in [0.717, 1.165) is 32.4 Å². The van der Waals surface area contributed by atoms with Gasteiger partial charge in [0.1, 0.15) is 5.75 Å². The molecule has 2 heterocycles. The van der Waals surface area contributed by atoms with Crippen molar-refractivity contribution in [2.45, 2.75) is 0 Å². The number of nitrogens with zero attached hydrogens (tertiary/aromatic N) is 3. The third-order valence-corrected chi connectivity index (χ3v) is 5.94. The molecule has 5 rings (SSSR count).